The second-order valence-electron chi connectivity index (χ2n) is 4.88. The van der Waals surface area contributed by atoms with E-state index in [1.54, 1.807) is 16.7 Å². The Balaban J connectivity index is 2.23. The van der Waals surface area contributed by atoms with Gasteiger partial charge in [0.15, 0.2) is 5.69 Å². The molecule has 6 heteroatoms. The first-order valence-corrected chi connectivity index (χ1v) is 6.44. The molecule has 5 nitrogen and oxygen atoms in total. The maximum absolute atomic E-state index is 13.4. The first-order valence-electron chi connectivity index (χ1n) is 6.44. The number of hydrogen-bond donors (Lipinski definition) is 2. The summed E-state index contributed by atoms with van der Waals surface area (Å²) in [5.41, 5.74) is 7.24. The summed E-state index contributed by atoms with van der Waals surface area (Å²) < 4.78 is 15.1. The van der Waals surface area contributed by atoms with Gasteiger partial charge in [-0.15, -0.1) is 0 Å². The molecule has 2 aromatic rings. The van der Waals surface area contributed by atoms with E-state index >= 15 is 0 Å². The van der Waals surface area contributed by atoms with Crippen LogP contribution < -0.4 is 5.73 Å². The molecule has 0 fully saturated rings. The number of carboxylic acid groups (broad SMARTS) is 1. The van der Waals surface area contributed by atoms with Crippen molar-refractivity contribution in [2.45, 2.75) is 25.4 Å². The molecule has 1 unspecified atom stereocenters. The van der Waals surface area contributed by atoms with Crippen molar-refractivity contribution in [3.8, 4) is 11.4 Å². The second-order valence-corrected chi connectivity index (χ2v) is 4.88. The van der Waals surface area contributed by atoms with Crippen LogP contribution in [-0.2, 0) is 6.42 Å². The smallest absolute Gasteiger partial charge is 0.356 e. The molecule has 0 bridgehead atoms. The van der Waals surface area contributed by atoms with Crippen molar-refractivity contribution < 1.29 is 14.3 Å². The lowest BCUT2D eigenvalue weighted by molar-refractivity contribution is 0.0689. The third-order valence-electron chi connectivity index (χ3n) is 3.54. The zero-order valence-corrected chi connectivity index (χ0v) is 10.7. The summed E-state index contributed by atoms with van der Waals surface area (Å²) in [6, 6.07) is 5.94. The summed E-state index contributed by atoms with van der Waals surface area (Å²) in [7, 11) is 0. The number of nitrogens with zero attached hydrogens (tertiary/aromatic N) is 2. The highest BCUT2D eigenvalue weighted by Crippen LogP contribution is 2.31. The van der Waals surface area contributed by atoms with Crippen LogP contribution in [-0.4, -0.2) is 20.6 Å². The summed E-state index contributed by atoms with van der Waals surface area (Å²) in [6.45, 7) is 0. The topological polar surface area (TPSA) is 81.1 Å². The molecule has 3 N–H and O–H groups in total. The van der Waals surface area contributed by atoms with Crippen LogP contribution in [0.2, 0.25) is 0 Å². The number of imidazole rings is 1. The molecule has 0 radical (unpaired) electrons. The number of nitrogens with two attached hydrogens (primary N) is 1. The number of aromatic nitrogens is 2. The van der Waals surface area contributed by atoms with E-state index in [-0.39, 0.29) is 17.7 Å². The van der Waals surface area contributed by atoms with E-state index in [0.717, 1.165) is 12.8 Å². The highest BCUT2D eigenvalue weighted by atomic mass is 19.1. The lowest BCUT2D eigenvalue weighted by atomic mass is 10.1. The van der Waals surface area contributed by atoms with Crippen LogP contribution in [0.25, 0.3) is 11.4 Å². The first-order chi connectivity index (χ1) is 9.58. The van der Waals surface area contributed by atoms with Crippen molar-refractivity contribution in [2.24, 2.45) is 5.73 Å². The predicted molar refractivity (Wildman–Crippen MR) is 70.7 cm³/mol. The minimum Gasteiger partial charge on any atom is -0.476 e. The quantitative estimate of drug-likeness (QED) is 0.880. The maximum atomic E-state index is 13.4. The van der Waals surface area contributed by atoms with Crippen molar-refractivity contribution in [3.63, 3.8) is 0 Å². The summed E-state index contributed by atoms with van der Waals surface area (Å²) in [5, 5.41) is 9.25. The number of halogens is 1. The van der Waals surface area contributed by atoms with E-state index in [2.05, 4.69) is 4.98 Å². The Labute approximate surface area is 114 Å². The lowest BCUT2D eigenvalue weighted by Crippen LogP contribution is -2.26. The van der Waals surface area contributed by atoms with Gasteiger partial charge in [-0.1, -0.05) is 12.1 Å². The fourth-order valence-corrected chi connectivity index (χ4v) is 2.67. The Kier molecular flexibility index (Phi) is 3.02. The summed E-state index contributed by atoms with van der Waals surface area (Å²) in [6.07, 6.45) is 1.88. The van der Waals surface area contributed by atoms with Crippen LogP contribution in [0.1, 0.15) is 35.2 Å². The van der Waals surface area contributed by atoms with E-state index < -0.39 is 5.97 Å². The normalized spacial score (nSPS) is 17.8. The average molecular weight is 275 g/mol. The zero-order valence-electron chi connectivity index (χ0n) is 10.7. The zero-order chi connectivity index (χ0) is 14.3. The maximum Gasteiger partial charge on any atom is 0.356 e. The van der Waals surface area contributed by atoms with Gasteiger partial charge >= 0.3 is 5.97 Å². The molecule has 0 saturated carbocycles. The largest absolute Gasteiger partial charge is 0.476 e. The van der Waals surface area contributed by atoms with Crippen LogP contribution in [0.3, 0.4) is 0 Å². The number of carboxylic acids is 1. The Morgan fingerprint density at radius 3 is 3.00 bits per heavy atom. The minimum absolute atomic E-state index is 0.0133. The fourth-order valence-electron chi connectivity index (χ4n) is 2.67. The molecule has 0 amide bonds. The third-order valence-corrected chi connectivity index (χ3v) is 3.54. The SMILES string of the molecule is NC1CCCc2c(C(=O)O)nc(-c3cccc(F)c3)n21. The number of rotatable bonds is 2. The van der Waals surface area contributed by atoms with Gasteiger partial charge in [0.25, 0.3) is 0 Å². The molecule has 1 aliphatic rings. The Morgan fingerprint density at radius 2 is 2.30 bits per heavy atom. The van der Waals surface area contributed by atoms with Crippen LogP contribution in [0, 0.1) is 5.82 Å². The molecule has 0 aliphatic carbocycles. The molecular formula is C14H14FN3O2. The van der Waals surface area contributed by atoms with Gasteiger partial charge in [0.05, 0.1) is 11.9 Å². The molecule has 0 saturated heterocycles. The van der Waals surface area contributed by atoms with E-state index in [0.29, 0.717) is 23.5 Å². The van der Waals surface area contributed by atoms with Crippen molar-refractivity contribution in [3.05, 3.63) is 41.5 Å². The fraction of sp³-hybridized carbons (Fsp3) is 0.286. The van der Waals surface area contributed by atoms with E-state index in [1.807, 2.05) is 0 Å². The molecule has 1 aromatic carbocycles. The van der Waals surface area contributed by atoms with Crippen LogP contribution in [0.5, 0.6) is 0 Å². The van der Waals surface area contributed by atoms with E-state index in [9.17, 15) is 14.3 Å². The number of hydrogen-bond acceptors (Lipinski definition) is 3. The van der Waals surface area contributed by atoms with Gasteiger partial charge in [-0.2, -0.15) is 0 Å². The molecule has 20 heavy (non-hydrogen) atoms. The van der Waals surface area contributed by atoms with Crippen LogP contribution in [0.15, 0.2) is 24.3 Å². The molecule has 1 aromatic heterocycles. The van der Waals surface area contributed by atoms with Gasteiger partial charge < -0.3 is 15.4 Å². The Bertz CT molecular complexity index is 681. The third kappa shape index (κ3) is 1.98. The number of carbonyl (C=O) groups is 1. The standard InChI is InChI=1S/C14H14FN3O2/c15-9-4-1-3-8(7-9)13-17-12(14(19)20)10-5-2-6-11(16)18(10)13/h1,3-4,7,11H,2,5-6,16H2,(H,19,20). The summed E-state index contributed by atoms with van der Waals surface area (Å²) in [4.78, 5) is 15.5. The van der Waals surface area contributed by atoms with Crippen molar-refractivity contribution in [1.29, 1.82) is 0 Å². The van der Waals surface area contributed by atoms with Crippen molar-refractivity contribution >= 4 is 5.97 Å². The lowest BCUT2D eigenvalue weighted by Gasteiger charge is -2.24. The predicted octanol–water partition coefficient (Wildman–Crippen LogP) is 2.18. The summed E-state index contributed by atoms with van der Waals surface area (Å²) in [5.74, 6) is -1.05. The molecule has 1 atom stereocenters. The molecular weight excluding hydrogens is 261 g/mol. The molecule has 2 heterocycles. The van der Waals surface area contributed by atoms with Gasteiger partial charge in [0, 0.05) is 5.56 Å². The highest BCUT2D eigenvalue weighted by molar-refractivity contribution is 5.88. The van der Waals surface area contributed by atoms with Crippen molar-refractivity contribution in [1.82, 2.24) is 9.55 Å². The highest BCUT2D eigenvalue weighted by Gasteiger charge is 2.28. The molecule has 1 aliphatic heterocycles. The average Bonchev–Trinajstić information content (AvgIpc) is 2.80. The van der Waals surface area contributed by atoms with Crippen molar-refractivity contribution in [2.75, 3.05) is 0 Å². The molecule has 3 rings (SSSR count). The number of benzene rings is 1. The van der Waals surface area contributed by atoms with E-state index in [4.69, 9.17) is 5.73 Å². The van der Waals surface area contributed by atoms with Gasteiger partial charge in [-0.3, -0.25) is 0 Å². The van der Waals surface area contributed by atoms with Gasteiger partial charge in [-0.25, -0.2) is 14.2 Å². The van der Waals surface area contributed by atoms with E-state index in [1.165, 1.54) is 12.1 Å². The number of fused-ring (bicyclic) bond motifs is 1. The first kappa shape index (κ1) is 12.8. The minimum atomic E-state index is -1.08. The number of aromatic carboxylic acids is 1. The summed E-state index contributed by atoms with van der Waals surface area (Å²) >= 11 is 0. The molecule has 0 spiro atoms. The van der Waals surface area contributed by atoms with Gasteiger partial charge in [0.2, 0.25) is 0 Å². The Hall–Kier alpha value is -2.21. The monoisotopic (exact) mass is 275 g/mol. The van der Waals surface area contributed by atoms with Gasteiger partial charge in [0.1, 0.15) is 11.6 Å². The second kappa shape index (κ2) is 4.72. The molecule has 104 valence electrons. The van der Waals surface area contributed by atoms with Crippen LogP contribution in [0.4, 0.5) is 4.39 Å². The van der Waals surface area contributed by atoms with Gasteiger partial charge in [-0.05, 0) is 31.4 Å². The van der Waals surface area contributed by atoms with Crippen LogP contribution >= 0.6 is 0 Å². The Morgan fingerprint density at radius 1 is 1.50 bits per heavy atom.